The zero-order valence-corrected chi connectivity index (χ0v) is 27.9. The molecule has 9 nitrogen and oxygen atoms in total. The molecule has 0 unspecified atom stereocenters. The summed E-state index contributed by atoms with van der Waals surface area (Å²) in [6.45, 7) is 3.60. The van der Waals surface area contributed by atoms with Crippen molar-refractivity contribution >= 4 is 11.8 Å². The summed E-state index contributed by atoms with van der Waals surface area (Å²) in [5, 5.41) is 21.1. The number of hydrogen-bond donors (Lipinski definition) is 4. The highest BCUT2D eigenvalue weighted by Gasteiger charge is 2.33. The van der Waals surface area contributed by atoms with Gasteiger partial charge >= 0.3 is 0 Å². The van der Waals surface area contributed by atoms with Crippen LogP contribution in [0.3, 0.4) is 0 Å². The molecule has 0 spiro atoms. The van der Waals surface area contributed by atoms with Crippen molar-refractivity contribution in [3.05, 3.63) is 95.1 Å². The number of unbranched alkanes of at least 4 members (excludes halogenated alkanes) is 2. The summed E-state index contributed by atoms with van der Waals surface area (Å²) in [6.07, 6.45) is 9.41. The largest absolute Gasteiger partial charge is 0.392 e. The summed E-state index contributed by atoms with van der Waals surface area (Å²) in [4.78, 5) is 26.0. The Morgan fingerprint density at radius 2 is 1.44 bits per heavy atom. The molecule has 0 aromatic heterocycles. The summed E-state index contributed by atoms with van der Waals surface area (Å²) in [7, 11) is 0. The van der Waals surface area contributed by atoms with Crippen molar-refractivity contribution in [3.63, 3.8) is 0 Å². The molecule has 258 valence electrons. The first kappa shape index (κ1) is 35.7. The Balaban J connectivity index is 1.20. The topological polar surface area (TPSA) is 120 Å². The fraction of sp³-hybridized carbons (Fsp3) is 0.487. The quantitative estimate of drug-likeness (QED) is 0.0862. The maximum absolute atomic E-state index is 12.4. The van der Waals surface area contributed by atoms with E-state index in [0.717, 1.165) is 65.9 Å². The third kappa shape index (κ3) is 11.0. The van der Waals surface area contributed by atoms with E-state index in [9.17, 15) is 14.7 Å². The van der Waals surface area contributed by atoms with E-state index in [1.165, 1.54) is 32.1 Å². The minimum atomic E-state index is -0.483. The van der Waals surface area contributed by atoms with Gasteiger partial charge in [0, 0.05) is 37.9 Å². The normalized spacial score (nSPS) is 20.4. The van der Waals surface area contributed by atoms with Gasteiger partial charge in [-0.3, -0.25) is 14.8 Å². The van der Waals surface area contributed by atoms with E-state index in [1.54, 1.807) is 5.48 Å². The number of benzene rings is 3. The molecule has 0 radical (unpaired) electrons. The molecule has 3 aromatic carbocycles. The molecule has 0 saturated carbocycles. The summed E-state index contributed by atoms with van der Waals surface area (Å²) in [5.74, 6) is -0.418. The number of amides is 2. The molecule has 9 heteroatoms. The highest BCUT2D eigenvalue weighted by molar-refractivity contribution is 5.76. The maximum Gasteiger partial charge on any atom is 0.243 e. The number of hydroxylamine groups is 1. The number of likely N-dealkylation sites (tertiary alicyclic amines) is 1. The number of carbonyl (C=O) groups excluding carboxylic acids is 2. The standard InChI is InChI=1S/C39H51N3O6/c43-28-29-14-16-32(17-15-29)36-25-35(27-42-22-7-2-1-3-8-23-42)47-39(48-36)33-20-18-31(19-21-33)34-11-9-10-30(24-34)26-40-37(44)12-5-4-6-13-38(45)41-46/h9-11,14-21,24,35-36,39,43,46H,1-8,12-13,22-23,25-28H2,(H,40,44)(H,41,45)/t35-,36+,39+/m0/s1. The smallest absolute Gasteiger partial charge is 0.243 e. The van der Waals surface area contributed by atoms with E-state index < -0.39 is 12.2 Å². The lowest BCUT2D eigenvalue weighted by atomic mass is 9.98. The molecule has 2 aliphatic rings. The maximum atomic E-state index is 12.4. The summed E-state index contributed by atoms with van der Waals surface area (Å²) in [6, 6.07) is 24.6. The Morgan fingerprint density at radius 3 is 2.15 bits per heavy atom. The SMILES string of the molecule is O=C(CCCCCC(=O)NCc1cccc(-c2ccc([C@@H]3O[C@H](CN4CCCCCCC4)C[C@H](c4ccc(CO)cc4)O3)cc2)c1)NO. The van der Waals surface area contributed by atoms with Gasteiger partial charge in [-0.1, -0.05) is 92.4 Å². The second-order valence-corrected chi connectivity index (χ2v) is 13.1. The average Bonchev–Trinajstić information content (AvgIpc) is 3.11. The molecule has 2 heterocycles. The van der Waals surface area contributed by atoms with Crippen molar-refractivity contribution in [1.82, 2.24) is 15.7 Å². The minimum Gasteiger partial charge on any atom is -0.392 e. The highest BCUT2D eigenvalue weighted by atomic mass is 16.7. The van der Waals surface area contributed by atoms with Gasteiger partial charge in [0.1, 0.15) is 0 Å². The Kier molecular flexibility index (Phi) is 14.0. The second kappa shape index (κ2) is 18.8. The van der Waals surface area contributed by atoms with Crippen LogP contribution in [0.1, 0.15) is 105 Å². The van der Waals surface area contributed by atoms with E-state index in [0.29, 0.717) is 25.8 Å². The minimum absolute atomic E-state index is 0.0175. The van der Waals surface area contributed by atoms with Crippen LogP contribution in [0.5, 0.6) is 0 Å². The number of aliphatic hydroxyl groups excluding tert-OH is 1. The van der Waals surface area contributed by atoms with E-state index in [4.69, 9.17) is 14.7 Å². The van der Waals surface area contributed by atoms with Crippen LogP contribution in [0.4, 0.5) is 0 Å². The van der Waals surface area contributed by atoms with Gasteiger partial charge < -0.3 is 24.8 Å². The molecule has 2 aliphatic heterocycles. The van der Waals surface area contributed by atoms with Gasteiger partial charge in [-0.2, -0.15) is 0 Å². The molecule has 0 aliphatic carbocycles. The van der Waals surface area contributed by atoms with E-state index in [-0.39, 0.29) is 31.1 Å². The fourth-order valence-electron chi connectivity index (χ4n) is 6.60. The van der Waals surface area contributed by atoms with Crippen LogP contribution >= 0.6 is 0 Å². The summed E-state index contributed by atoms with van der Waals surface area (Å²) in [5.41, 5.74) is 7.76. The van der Waals surface area contributed by atoms with Crippen LogP contribution in [0.2, 0.25) is 0 Å². The molecule has 2 amide bonds. The number of nitrogens with zero attached hydrogens (tertiary/aromatic N) is 1. The number of carbonyl (C=O) groups is 2. The van der Waals surface area contributed by atoms with Crippen LogP contribution in [-0.2, 0) is 32.2 Å². The number of nitrogens with one attached hydrogen (secondary N) is 2. The zero-order valence-electron chi connectivity index (χ0n) is 27.9. The van der Waals surface area contributed by atoms with Gasteiger partial charge in [0.25, 0.3) is 0 Å². The monoisotopic (exact) mass is 657 g/mol. The molecule has 4 N–H and O–H groups in total. The second-order valence-electron chi connectivity index (χ2n) is 13.1. The van der Waals surface area contributed by atoms with Crippen molar-refractivity contribution in [1.29, 1.82) is 0 Å². The molecule has 2 fully saturated rings. The lowest BCUT2D eigenvalue weighted by Gasteiger charge is -2.38. The van der Waals surface area contributed by atoms with Crippen LogP contribution < -0.4 is 10.8 Å². The van der Waals surface area contributed by atoms with Crippen molar-refractivity contribution < 1.29 is 29.4 Å². The van der Waals surface area contributed by atoms with E-state index >= 15 is 0 Å². The van der Waals surface area contributed by atoms with Crippen molar-refractivity contribution in [2.24, 2.45) is 0 Å². The van der Waals surface area contributed by atoms with Crippen LogP contribution in [0.25, 0.3) is 11.1 Å². The van der Waals surface area contributed by atoms with Crippen molar-refractivity contribution in [2.45, 2.75) is 102 Å². The molecule has 48 heavy (non-hydrogen) atoms. The van der Waals surface area contributed by atoms with Crippen LogP contribution in [0, 0.1) is 0 Å². The van der Waals surface area contributed by atoms with Crippen molar-refractivity contribution in [3.8, 4) is 11.1 Å². The van der Waals surface area contributed by atoms with E-state index in [2.05, 4.69) is 58.7 Å². The van der Waals surface area contributed by atoms with Crippen LogP contribution in [-0.4, -0.2) is 52.8 Å². The molecular formula is C39H51N3O6. The van der Waals surface area contributed by atoms with Gasteiger partial charge in [-0.25, -0.2) is 5.48 Å². The first-order valence-electron chi connectivity index (χ1n) is 17.6. The third-order valence-corrected chi connectivity index (χ3v) is 9.39. The molecular weight excluding hydrogens is 606 g/mol. The first-order chi connectivity index (χ1) is 23.5. The Labute approximate surface area is 284 Å². The fourth-order valence-corrected chi connectivity index (χ4v) is 6.60. The molecule has 3 atom stereocenters. The van der Waals surface area contributed by atoms with Gasteiger partial charge in [-0.15, -0.1) is 0 Å². The summed E-state index contributed by atoms with van der Waals surface area (Å²) < 4.78 is 13.2. The van der Waals surface area contributed by atoms with Gasteiger partial charge in [0.15, 0.2) is 6.29 Å². The predicted octanol–water partition coefficient (Wildman–Crippen LogP) is 6.73. The molecule has 3 aromatic rings. The van der Waals surface area contributed by atoms with Crippen LogP contribution in [0.15, 0.2) is 72.8 Å². The third-order valence-electron chi connectivity index (χ3n) is 9.39. The van der Waals surface area contributed by atoms with Crippen molar-refractivity contribution in [2.75, 3.05) is 19.6 Å². The number of hydrogen-bond acceptors (Lipinski definition) is 7. The van der Waals surface area contributed by atoms with Gasteiger partial charge in [0.2, 0.25) is 11.8 Å². The zero-order chi connectivity index (χ0) is 33.6. The molecule has 0 bridgehead atoms. The number of ether oxygens (including phenoxy) is 2. The highest BCUT2D eigenvalue weighted by Crippen LogP contribution is 2.39. The lowest BCUT2D eigenvalue weighted by molar-refractivity contribution is -0.253. The Morgan fingerprint density at radius 1 is 0.750 bits per heavy atom. The number of aliphatic hydroxyl groups is 1. The first-order valence-corrected chi connectivity index (χ1v) is 17.6. The van der Waals surface area contributed by atoms with Gasteiger partial charge in [0.05, 0.1) is 18.8 Å². The Hall–Kier alpha value is -3.60. The number of rotatable bonds is 14. The lowest BCUT2D eigenvalue weighted by Crippen LogP contribution is -2.40. The Bertz CT molecular complexity index is 1420. The molecule has 2 saturated heterocycles. The predicted molar refractivity (Wildman–Crippen MR) is 185 cm³/mol. The molecule has 5 rings (SSSR count). The van der Waals surface area contributed by atoms with Gasteiger partial charge in [-0.05, 0) is 72.7 Å². The summed E-state index contributed by atoms with van der Waals surface area (Å²) >= 11 is 0. The average molecular weight is 658 g/mol. The van der Waals surface area contributed by atoms with E-state index in [1.807, 2.05) is 24.3 Å².